The van der Waals surface area contributed by atoms with Gasteiger partial charge in [-0.3, -0.25) is 0 Å². The zero-order valence-corrected chi connectivity index (χ0v) is 13.5. The zero-order valence-electron chi connectivity index (χ0n) is 12.7. The van der Waals surface area contributed by atoms with Crippen LogP contribution in [0.5, 0.6) is 5.75 Å². The lowest BCUT2D eigenvalue weighted by molar-refractivity contribution is 0.0884. The van der Waals surface area contributed by atoms with Gasteiger partial charge in [0.25, 0.3) is 0 Å². The number of rotatable bonds is 3. The number of hydrogen-bond acceptors (Lipinski definition) is 3. The number of benzene rings is 1. The third-order valence-electron chi connectivity index (χ3n) is 4.68. The molecule has 2 nitrogen and oxygen atoms in total. The van der Waals surface area contributed by atoms with Crippen LogP contribution < -0.4 is 10.1 Å². The van der Waals surface area contributed by atoms with Gasteiger partial charge in [0.2, 0.25) is 0 Å². The molecular formula is C17H25NOS. The lowest BCUT2D eigenvalue weighted by Gasteiger charge is -2.36. The van der Waals surface area contributed by atoms with Crippen molar-refractivity contribution in [2.75, 3.05) is 6.26 Å². The number of nitrogens with one attached hydrogen (secondary N) is 1. The van der Waals surface area contributed by atoms with E-state index in [0.29, 0.717) is 12.1 Å². The maximum Gasteiger partial charge on any atom is 0.125 e. The summed E-state index contributed by atoms with van der Waals surface area (Å²) in [6.07, 6.45) is 7.61. The Labute approximate surface area is 126 Å². The van der Waals surface area contributed by atoms with Gasteiger partial charge in [0, 0.05) is 16.9 Å². The molecule has 1 aliphatic heterocycles. The summed E-state index contributed by atoms with van der Waals surface area (Å²) in [7, 11) is 0. The fourth-order valence-electron chi connectivity index (χ4n) is 3.60. The summed E-state index contributed by atoms with van der Waals surface area (Å²) >= 11 is 2.02. The molecule has 1 aliphatic carbocycles. The number of thioether (sulfide) groups is 1. The van der Waals surface area contributed by atoms with Crippen LogP contribution in [0.3, 0.4) is 0 Å². The average Bonchev–Trinajstić information content (AvgIpc) is 2.70. The van der Waals surface area contributed by atoms with E-state index in [4.69, 9.17) is 4.74 Å². The molecular weight excluding hydrogens is 266 g/mol. The first kappa shape index (κ1) is 14.3. The molecule has 2 aliphatic rings. The van der Waals surface area contributed by atoms with Crippen molar-refractivity contribution in [2.45, 2.75) is 62.5 Å². The standard InChI is InChI=1S/C17H25NOS/c1-17(2)16(12-8-4-6-10-14(12)19-17)18-13-9-5-7-11-15(13)20-3/h4,6,8,10,13,15-16,18H,5,7,9,11H2,1-3H3. The minimum absolute atomic E-state index is 0.163. The summed E-state index contributed by atoms with van der Waals surface area (Å²) in [5, 5.41) is 4.66. The van der Waals surface area contributed by atoms with Crippen LogP contribution >= 0.6 is 11.8 Å². The summed E-state index contributed by atoms with van der Waals surface area (Å²) in [6, 6.07) is 9.38. The molecule has 1 saturated carbocycles. The Balaban J connectivity index is 1.82. The highest BCUT2D eigenvalue weighted by molar-refractivity contribution is 7.99. The Hall–Kier alpha value is -0.670. The highest BCUT2D eigenvalue weighted by atomic mass is 32.2. The van der Waals surface area contributed by atoms with Crippen LogP contribution in [-0.2, 0) is 0 Å². The van der Waals surface area contributed by atoms with E-state index in [1.165, 1.54) is 31.2 Å². The van der Waals surface area contributed by atoms with Gasteiger partial charge in [0.05, 0.1) is 6.04 Å². The van der Waals surface area contributed by atoms with E-state index in [0.717, 1.165) is 11.0 Å². The fraction of sp³-hybridized carbons (Fsp3) is 0.647. The van der Waals surface area contributed by atoms with Crippen molar-refractivity contribution in [3.8, 4) is 5.75 Å². The van der Waals surface area contributed by atoms with Crippen molar-refractivity contribution < 1.29 is 4.74 Å². The second-order valence-corrected chi connectivity index (χ2v) is 7.59. The van der Waals surface area contributed by atoms with Gasteiger partial charge in [-0.2, -0.15) is 11.8 Å². The third-order valence-corrected chi connectivity index (χ3v) is 5.85. The quantitative estimate of drug-likeness (QED) is 0.903. The number of fused-ring (bicyclic) bond motifs is 1. The predicted octanol–water partition coefficient (Wildman–Crippen LogP) is 4.16. The molecule has 0 saturated heterocycles. The lowest BCUT2D eigenvalue weighted by atomic mass is 9.89. The molecule has 3 heteroatoms. The van der Waals surface area contributed by atoms with Crippen LogP contribution in [-0.4, -0.2) is 23.1 Å². The fourth-order valence-corrected chi connectivity index (χ4v) is 4.55. The monoisotopic (exact) mass is 291 g/mol. The second kappa shape index (κ2) is 5.61. The molecule has 1 aromatic rings. The van der Waals surface area contributed by atoms with Crippen LogP contribution in [0.4, 0.5) is 0 Å². The molecule has 1 heterocycles. The summed E-state index contributed by atoms with van der Waals surface area (Å²) in [6.45, 7) is 4.39. The molecule has 1 aromatic carbocycles. The molecule has 110 valence electrons. The molecule has 0 amide bonds. The first-order valence-corrected chi connectivity index (χ1v) is 8.97. The van der Waals surface area contributed by atoms with Gasteiger partial charge in [-0.1, -0.05) is 31.0 Å². The van der Waals surface area contributed by atoms with Gasteiger partial charge in [-0.15, -0.1) is 0 Å². The Bertz CT molecular complexity index is 474. The molecule has 3 rings (SSSR count). The van der Waals surface area contributed by atoms with Crippen molar-refractivity contribution >= 4 is 11.8 Å². The van der Waals surface area contributed by atoms with Gasteiger partial charge in [0.15, 0.2) is 0 Å². The molecule has 20 heavy (non-hydrogen) atoms. The van der Waals surface area contributed by atoms with Gasteiger partial charge < -0.3 is 10.1 Å². The Kier molecular flexibility index (Phi) is 4.00. The SMILES string of the molecule is CSC1CCCCC1NC1c2ccccc2OC1(C)C. The normalized spacial score (nSPS) is 31.6. The van der Waals surface area contributed by atoms with E-state index in [9.17, 15) is 0 Å². The van der Waals surface area contributed by atoms with Crippen LogP contribution in [0.15, 0.2) is 24.3 Å². The molecule has 0 bridgehead atoms. The molecule has 0 radical (unpaired) electrons. The van der Waals surface area contributed by atoms with Gasteiger partial charge in [0.1, 0.15) is 11.4 Å². The minimum Gasteiger partial charge on any atom is -0.486 e. The van der Waals surface area contributed by atoms with E-state index in [1.807, 2.05) is 11.8 Å². The summed E-state index contributed by atoms with van der Waals surface area (Å²) in [5.74, 6) is 1.05. The molecule has 0 spiro atoms. The van der Waals surface area contributed by atoms with E-state index < -0.39 is 0 Å². The maximum absolute atomic E-state index is 6.15. The largest absolute Gasteiger partial charge is 0.486 e. The summed E-state index contributed by atoms with van der Waals surface area (Å²) in [5.41, 5.74) is 1.16. The number of para-hydroxylation sites is 1. The molecule has 3 atom stereocenters. The van der Waals surface area contributed by atoms with Crippen molar-refractivity contribution in [1.82, 2.24) is 5.32 Å². The number of ether oxygens (including phenoxy) is 1. The lowest BCUT2D eigenvalue weighted by Crippen LogP contribution is -2.48. The van der Waals surface area contributed by atoms with Crippen LogP contribution in [0.25, 0.3) is 0 Å². The van der Waals surface area contributed by atoms with Crippen molar-refractivity contribution in [3.05, 3.63) is 29.8 Å². The van der Waals surface area contributed by atoms with E-state index in [1.54, 1.807) is 0 Å². The van der Waals surface area contributed by atoms with Crippen molar-refractivity contribution in [3.63, 3.8) is 0 Å². The minimum atomic E-state index is -0.163. The van der Waals surface area contributed by atoms with E-state index in [-0.39, 0.29) is 5.60 Å². The smallest absolute Gasteiger partial charge is 0.125 e. The number of hydrogen-bond donors (Lipinski definition) is 1. The predicted molar refractivity (Wildman–Crippen MR) is 86.6 cm³/mol. The zero-order chi connectivity index (χ0) is 14.2. The van der Waals surface area contributed by atoms with Crippen LogP contribution in [0, 0.1) is 0 Å². The Morgan fingerprint density at radius 1 is 1.20 bits per heavy atom. The molecule has 1 fully saturated rings. The first-order valence-electron chi connectivity index (χ1n) is 7.68. The third kappa shape index (κ3) is 2.58. The van der Waals surface area contributed by atoms with Crippen molar-refractivity contribution in [1.29, 1.82) is 0 Å². The van der Waals surface area contributed by atoms with Gasteiger partial charge in [-0.25, -0.2) is 0 Å². The molecule has 3 unspecified atom stereocenters. The summed E-state index contributed by atoms with van der Waals surface area (Å²) in [4.78, 5) is 0. The summed E-state index contributed by atoms with van der Waals surface area (Å²) < 4.78 is 6.15. The van der Waals surface area contributed by atoms with Crippen LogP contribution in [0.1, 0.15) is 51.1 Å². The van der Waals surface area contributed by atoms with Gasteiger partial charge in [-0.05, 0) is 39.0 Å². The van der Waals surface area contributed by atoms with Crippen molar-refractivity contribution in [2.24, 2.45) is 0 Å². The highest BCUT2D eigenvalue weighted by Crippen LogP contribution is 2.44. The average molecular weight is 291 g/mol. The van der Waals surface area contributed by atoms with Crippen LogP contribution in [0.2, 0.25) is 0 Å². The first-order chi connectivity index (χ1) is 9.62. The molecule has 1 N–H and O–H groups in total. The maximum atomic E-state index is 6.15. The van der Waals surface area contributed by atoms with E-state index >= 15 is 0 Å². The Morgan fingerprint density at radius 2 is 1.95 bits per heavy atom. The highest BCUT2D eigenvalue weighted by Gasteiger charge is 2.42. The van der Waals surface area contributed by atoms with Gasteiger partial charge >= 0.3 is 0 Å². The topological polar surface area (TPSA) is 21.3 Å². The Morgan fingerprint density at radius 3 is 2.75 bits per heavy atom. The second-order valence-electron chi connectivity index (χ2n) is 6.51. The van der Waals surface area contributed by atoms with E-state index in [2.05, 4.69) is 49.7 Å². The molecule has 0 aromatic heterocycles.